The van der Waals surface area contributed by atoms with Crippen LogP contribution in [-0.4, -0.2) is 25.5 Å². The molecule has 0 saturated heterocycles. The molecule has 156 valence electrons. The maximum absolute atomic E-state index is 13.1. The number of hydrogen-bond acceptors (Lipinski definition) is 6. The largest absolute Gasteiger partial charge is 0.357 e. The summed E-state index contributed by atoms with van der Waals surface area (Å²) in [6, 6.07) is 23.4. The predicted molar refractivity (Wildman–Crippen MR) is 126 cm³/mol. The van der Waals surface area contributed by atoms with Crippen molar-refractivity contribution in [3.8, 4) is 16.9 Å². The van der Waals surface area contributed by atoms with Crippen molar-refractivity contribution in [1.82, 2.24) is 19.7 Å². The fraction of sp³-hybridized carbons (Fsp3) is 0.0400. The Morgan fingerprint density at radius 1 is 0.938 bits per heavy atom. The van der Waals surface area contributed by atoms with Crippen molar-refractivity contribution in [2.45, 2.75) is 6.54 Å². The van der Waals surface area contributed by atoms with Crippen LogP contribution in [0.25, 0.3) is 16.9 Å². The lowest BCUT2D eigenvalue weighted by Crippen LogP contribution is -2.01. The Balaban J connectivity index is 1.36. The van der Waals surface area contributed by atoms with Crippen LogP contribution < -0.4 is 5.32 Å². The molecule has 0 saturated carbocycles. The number of ketones is 1. The maximum atomic E-state index is 13.1. The first kappa shape index (κ1) is 19.8. The Morgan fingerprint density at radius 2 is 1.84 bits per heavy atom. The minimum Gasteiger partial charge on any atom is -0.357 e. The molecule has 0 bridgehead atoms. The van der Waals surface area contributed by atoms with Crippen molar-refractivity contribution in [2.75, 3.05) is 5.32 Å². The van der Waals surface area contributed by atoms with E-state index in [1.54, 1.807) is 24.8 Å². The van der Waals surface area contributed by atoms with E-state index in [4.69, 9.17) is 0 Å². The lowest BCUT2D eigenvalue weighted by molar-refractivity contribution is 0.104. The molecule has 6 nitrogen and oxygen atoms in total. The highest BCUT2D eigenvalue weighted by Gasteiger charge is 2.15. The Bertz CT molecular complexity index is 1350. The number of pyridine rings is 1. The number of para-hydroxylation sites is 1. The molecule has 32 heavy (non-hydrogen) atoms. The van der Waals surface area contributed by atoms with E-state index in [0.717, 1.165) is 22.5 Å². The van der Waals surface area contributed by atoms with E-state index >= 15 is 0 Å². The van der Waals surface area contributed by atoms with Gasteiger partial charge in [0.2, 0.25) is 5.78 Å². The Hall–Kier alpha value is -4.10. The number of nitrogens with one attached hydrogen (secondary N) is 1. The molecule has 0 amide bonds. The van der Waals surface area contributed by atoms with E-state index in [1.165, 1.54) is 11.3 Å². The van der Waals surface area contributed by atoms with Crippen LogP contribution in [0, 0.1) is 0 Å². The average molecular weight is 438 g/mol. The van der Waals surface area contributed by atoms with Crippen LogP contribution in [-0.2, 0) is 6.54 Å². The summed E-state index contributed by atoms with van der Waals surface area (Å²) in [6.45, 7) is 0.605. The summed E-state index contributed by atoms with van der Waals surface area (Å²) in [5.41, 5.74) is 4.49. The Kier molecular flexibility index (Phi) is 5.55. The zero-order valence-electron chi connectivity index (χ0n) is 17.1. The summed E-state index contributed by atoms with van der Waals surface area (Å²) in [7, 11) is 0. The van der Waals surface area contributed by atoms with Crippen LogP contribution in [0.3, 0.4) is 0 Å². The quantitative estimate of drug-likeness (QED) is 0.353. The number of rotatable bonds is 7. The summed E-state index contributed by atoms with van der Waals surface area (Å²) in [5, 5.41) is 8.41. The van der Waals surface area contributed by atoms with Crippen LogP contribution in [0.5, 0.6) is 0 Å². The summed E-state index contributed by atoms with van der Waals surface area (Å²) < 4.78 is 1.87. The van der Waals surface area contributed by atoms with Gasteiger partial charge in [-0.15, -0.1) is 0 Å². The number of thiazole rings is 1. The second-order valence-electron chi connectivity index (χ2n) is 7.12. The third-order valence-corrected chi connectivity index (χ3v) is 5.91. The summed E-state index contributed by atoms with van der Waals surface area (Å²) in [5.74, 6) is -0.0513. The molecule has 0 spiro atoms. The second-order valence-corrected chi connectivity index (χ2v) is 8.15. The fourth-order valence-corrected chi connectivity index (χ4v) is 4.17. The number of benzene rings is 2. The number of carbonyl (C=O) groups is 1. The van der Waals surface area contributed by atoms with Crippen LogP contribution >= 0.6 is 11.3 Å². The Morgan fingerprint density at radius 3 is 2.69 bits per heavy atom. The van der Waals surface area contributed by atoms with Gasteiger partial charge in [-0.3, -0.25) is 9.78 Å². The lowest BCUT2D eigenvalue weighted by Gasteiger charge is -2.08. The topological polar surface area (TPSA) is 72.7 Å². The van der Waals surface area contributed by atoms with Gasteiger partial charge in [0.15, 0.2) is 5.13 Å². The first-order chi connectivity index (χ1) is 15.8. The zero-order chi connectivity index (χ0) is 21.8. The number of aromatic nitrogens is 4. The van der Waals surface area contributed by atoms with Crippen molar-refractivity contribution in [1.29, 1.82) is 0 Å². The van der Waals surface area contributed by atoms with Gasteiger partial charge >= 0.3 is 0 Å². The number of hydrogen-bond donors (Lipinski definition) is 1. The lowest BCUT2D eigenvalue weighted by atomic mass is 10.0. The zero-order valence-corrected chi connectivity index (χ0v) is 17.9. The molecule has 0 fully saturated rings. The van der Waals surface area contributed by atoms with Gasteiger partial charge in [-0.05, 0) is 35.9 Å². The number of carbonyl (C=O) groups excluding carboxylic acids is 1. The molecule has 7 heteroatoms. The Labute approximate surface area is 189 Å². The van der Waals surface area contributed by atoms with E-state index in [9.17, 15) is 4.79 Å². The molecule has 5 aromatic rings. The van der Waals surface area contributed by atoms with Gasteiger partial charge < -0.3 is 5.32 Å². The minimum absolute atomic E-state index is 0.0513. The molecule has 1 N–H and O–H groups in total. The molecule has 0 radical (unpaired) electrons. The van der Waals surface area contributed by atoms with Crippen LogP contribution in [0.2, 0.25) is 0 Å². The van der Waals surface area contributed by atoms with Gasteiger partial charge in [-0.2, -0.15) is 5.10 Å². The van der Waals surface area contributed by atoms with Gasteiger partial charge in [-0.25, -0.2) is 9.67 Å². The molecule has 3 aromatic heterocycles. The molecule has 0 aliphatic rings. The number of nitrogens with zero attached hydrogens (tertiary/aromatic N) is 4. The summed E-state index contributed by atoms with van der Waals surface area (Å²) in [4.78, 5) is 22.2. The standard InChI is InChI=1S/C25H19N5OS/c31-24(23-17-28-25(32-23)27-16-18-6-5-12-26-15-18)20-8-4-7-19(14-20)22-11-13-29-30(22)21-9-2-1-3-10-21/h1-15,17H,16H2,(H,27,28). The monoisotopic (exact) mass is 437 g/mol. The molecular formula is C25H19N5OS. The highest BCUT2D eigenvalue weighted by Crippen LogP contribution is 2.26. The van der Waals surface area contributed by atoms with Crippen molar-refractivity contribution in [3.05, 3.63) is 114 Å². The smallest absolute Gasteiger partial charge is 0.204 e. The van der Waals surface area contributed by atoms with Gasteiger partial charge in [0.05, 0.1) is 28.7 Å². The number of anilines is 1. The third-order valence-electron chi connectivity index (χ3n) is 4.96. The van der Waals surface area contributed by atoms with Crippen molar-refractivity contribution >= 4 is 22.3 Å². The molecule has 5 rings (SSSR count). The fourth-order valence-electron chi connectivity index (χ4n) is 3.40. The first-order valence-electron chi connectivity index (χ1n) is 10.1. The average Bonchev–Trinajstić information content (AvgIpc) is 3.54. The molecule has 0 aliphatic carbocycles. The van der Waals surface area contributed by atoms with Crippen LogP contribution in [0.15, 0.2) is 97.6 Å². The van der Waals surface area contributed by atoms with E-state index in [0.29, 0.717) is 22.1 Å². The molecular weight excluding hydrogens is 418 g/mol. The molecule has 0 atom stereocenters. The van der Waals surface area contributed by atoms with Gasteiger partial charge in [0.25, 0.3) is 0 Å². The van der Waals surface area contributed by atoms with Crippen molar-refractivity contribution < 1.29 is 4.79 Å². The van der Waals surface area contributed by atoms with E-state index < -0.39 is 0 Å². The summed E-state index contributed by atoms with van der Waals surface area (Å²) in [6.07, 6.45) is 6.93. The SMILES string of the molecule is O=C(c1cccc(-c2ccnn2-c2ccccc2)c1)c1cnc(NCc2cccnc2)s1. The summed E-state index contributed by atoms with van der Waals surface area (Å²) >= 11 is 1.35. The van der Waals surface area contributed by atoms with E-state index in [1.807, 2.05) is 77.5 Å². The van der Waals surface area contributed by atoms with Gasteiger partial charge in [0, 0.05) is 30.1 Å². The predicted octanol–water partition coefficient (Wildman–Crippen LogP) is 5.23. The van der Waals surface area contributed by atoms with Crippen LogP contribution in [0.1, 0.15) is 20.8 Å². The molecule has 0 aliphatic heterocycles. The second kappa shape index (κ2) is 8.95. The molecule has 3 heterocycles. The molecule has 0 unspecified atom stereocenters. The van der Waals surface area contributed by atoms with Crippen molar-refractivity contribution in [3.63, 3.8) is 0 Å². The normalized spacial score (nSPS) is 10.8. The highest BCUT2D eigenvalue weighted by atomic mass is 32.1. The molecule has 2 aromatic carbocycles. The van der Waals surface area contributed by atoms with Crippen molar-refractivity contribution in [2.24, 2.45) is 0 Å². The third kappa shape index (κ3) is 4.19. The van der Waals surface area contributed by atoms with E-state index in [2.05, 4.69) is 20.4 Å². The maximum Gasteiger partial charge on any atom is 0.204 e. The minimum atomic E-state index is -0.0513. The highest BCUT2D eigenvalue weighted by molar-refractivity contribution is 7.17. The van der Waals surface area contributed by atoms with E-state index in [-0.39, 0.29) is 5.78 Å². The first-order valence-corrected chi connectivity index (χ1v) is 10.9. The van der Waals surface area contributed by atoms with Crippen LogP contribution in [0.4, 0.5) is 5.13 Å². The van der Waals surface area contributed by atoms with Gasteiger partial charge in [-0.1, -0.05) is 53.8 Å². The van der Waals surface area contributed by atoms with Gasteiger partial charge in [0.1, 0.15) is 0 Å².